The maximum Gasteiger partial charge on any atom is 0.274 e. The molecule has 3 aromatic heterocycles. The van der Waals surface area contributed by atoms with Crippen LogP contribution >= 0.6 is 0 Å². The molecule has 4 aromatic rings. The molecule has 0 saturated heterocycles. The van der Waals surface area contributed by atoms with Gasteiger partial charge in [0.05, 0.1) is 17.9 Å². The van der Waals surface area contributed by atoms with Gasteiger partial charge in [-0.25, -0.2) is 9.97 Å². The molecule has 3 heterocycles. The van der Waals surface area contributed by atoms with Crippen LogP contribution < -0.4 is 5.32 Å². The normalized spacial score (nSPS) is 12.0. The van der Waals surface area contributed by atoms with Gasteiger partial charge in [0.15, 0.2) is 5.69 Å². The number of anilines is 1. The molecule has 0 saturated carbocycles. The fourth-order valence-corrected chi connectivity index (χ4v) is 3.48. The molecule has 0 aliphatic carbocycles. The molecule has 158 valence electrons. The number of rotatable bonds is 7. The van der Waals surface area contributed by atoms with E-state index in [1.54, 1.807) is 24.3 Å². The van der Waals surface area contributed by atoms with Crippen LogP contribution in [0.25, 0.3) is 16.6 Å². The Morgan fingerprint density at radius 2 is 1.84 bits per heavy atom. The summed E-state index contributed by atoms with van der Waals surface area (Å²) in [6, 6.07) is 15.6. The largest absolute Gasteiger partial charge is 0.368 e. The third-order valence-electron chi connectivity index (χ3n) is 5.31. The first kappa shape index (κ1) is 20.5. The zero-order chi connectivity index (χ0) is 21.8. The number of amides is 1. The highest BCUT2D eigenvalue weighted by Crippen LogP contribution is 2.18. The number of nitrogens with one attached hydrogen (secondary N) is 1. The van der Waals surface area contributed by atoms with Crippen molar-refractivity contribution in [3.63, 3.8) is 0 Å². The van der Waals surface area contributed by atoms with Crippen LogP contribution in [0.15, 0.2) is 60.9 Å². The van der Waals surface area contributed by atoms with E-state index in [1.807, 2.05) is 55.5 Å². The summed E-state index contributed by atoms with van der Waals surface area (Å²) in [4.78, 5) is 25.6. The van der Waals surface area contributed by atoms with E-state index in [1.165, 1.54) is 4.80 Å². The van der Waals surface area contributed by atoms with Gasteiger partial charge in [-0.15, -0.1) is 4.80 Å². The first-order chi connectivity index (χ1) is 15.1. The fraction of sp³-hybridized carbons (Fsp3) is 0.261. The Morgan fingerprint density at radius 3 is 2.61 bits per heavy atom. The maximum atomic E-state index is 13.4. The van der Waals surface area contributed by atoms with Gasteiger partial charge in [0.2, 0.25) is 0 Å². The number of nitrogens with zero attached hydrogens (tertiary/aromatic N) is 6. The van der Waals surface area contributed by atoms with Gasteiger partial charge < -0.3 is 10.2 Å². The molecular formula is C23H25N7O. The fourth-order valence-electron chi connectivity index (χ4n) is 3.48. The number of carbonyl (C=O) groups is 1. The summed E-state index contributed by atoms with van der Waals surface area (Å²) >= 11 is 0. The van der Waals surface area contributed by atoms with Gasteiger partial charge in [0.1, 0.15) is 11.5 Å². The number of pyridine rings is 2. The Morgan fingerprint density at radius 1 is 1.06 bits per heavy atom. The molecule has 1 aromatic carbocycles. The van der Waals surface area contributed by atoms with Crippen molar-refractivity contribution in [2.75, 3.05) is 18.9 Å². The lowest BCUT2D eigenvalue weighted by atomic mass is 10.1. The lowest BCUT2D eigenvalue weighted by molar-refractivity contribution is 0.0729. The number of likely N-dealkylation sites (N-methyl/N-ethyl adjacent to an activating group) is 1. The van der Waals surface area contributed by atoms with Crippen molar-refractivity contribution in [3.05, 3.63) is 72.3 Å². The molecule has 0 aliphatic rings. The van der Waals surface area contributed by atoms with Gasteiger partial charge in [-0.2, -0.15) is 10.2 Å². The van der Waals surface area contributed by atoms with Crippen molar-refractivity contribution in [1.82, 2.24) is 29.9 Å². The number of carbonyl (C=O) groups excluding carboxylic acids is 1. The zero-order valence-corrected chi connectivity index (χ0v) is 17.9. The van der Waals surface area contributed by atoms with Crippen LogP contribution in [0.4, 0.5) is 5.82 Å². The number of benzene rings is 1. The van der Waals surface area contributed by atoms with Gasteiger partial charge in [-0.1, -0.05) is 25.1 Å². The van der Waals surface area contributed by atoms with E-state index in [9.17, 15) is 4.79 Å². The van der Waals surface area contributed by atoms with E-state index in [0.29, 0.717) is 17.9 Å². The second-order valence-electron chi connectivity index (χ2n) is 7.39. The molecule has 31 heavy (non-hydrogen) atoms. The lowest BCUT2D eigenvalue weighted by Gasteiger charge is -2.28. The molecule has 1 atom stereocenters. The number of fused-ring (bicyclic) bond motifs is 1. The number of hydrogen-bond donors (Lipinski definition) is 1. The first-order valence-corrected chi connectivity index (χ1v) is 10.3. The second-order valence-corrected chi connectivity index (χ2v) is 7.39. The van der Waals surface area contributed by atoms with Gasteiger partial charge in [0.25, 0.3) is 5.91 Å². The lowest BCUT2D eigenvalue weighted by Crippen LogP contribution is -2.42. The van der Waals surface area contributed by atoms with E-state index in [-0.39, 0.29) is 11.9 Å². The third kappa shape index (κ3) is 4.37. The van der Waals surface area contributed by atoms with Crippen LogP contribution in [0, 0.1) is 6.92 Å². The number of para-hydroxylation sites is 1. The molecule has 0 fully saturated rings. The Hall–Kier alpha value is -3.81. The summed E-state index contributed by atoms with van der Waals surface area (Å²) in [5.41, 5.74) is 2.59. The quantitative estimate of drug-likeness (QED) is 0.497. The number of aromatic nitrogens is 5. The van der Waals surface area contributed by atoms with Crippen LogP contribution in [0.1, 0.15) is 29.5 Å². The van der Waals surface area contributed by atoms with Crippen LogP contribution in [0.3, 0.4) is 0 Å². The molecule has 4 rings (SSSR count). The number of aryl methyl sites for hydroxylation is 1. The SMILES string of the molecule is CC[C@@H](CNc1ccc2ccccc2n1)N(C)C(=O)c1nc(C)ccc1-n1nccn1. The van der Waals surface area contributed by atoms with Crippen LogP contribution in [0.5, 0.6) is 0 Å². The predicted molar refractivity (Wildman–Crippen MR) is 120 cm³/mol. The third-order valence-corrected chi connectivity index (χ3v) is 5.31. The van der Waals surface area contributed by atoms with Crippen molar-refractivity contribution < 1.29 is 4.79 Å². The Bertz CT molecular complexity index is 1190. The van der Waals surface area contributed by atoms with Crippen molar-refractivity contribution in [2.24, 2.45) is 0 Å². The molecule has 1 N–H and O–H groups in total. The van der Waals surface area contributed by atoms with E-state index >= 15 is 0 Å². The summed E-state index contributed by atoms with van der Waals surface area (Å²) in [6.07, 6.45) is 3.93. The molecule has 1 amide bonds. The molecule has 0 spiro atoms. The van der Waals surface area contributed by atoms with Gasteiger partial charge in [-0.05, 0) is 43.7 Å². The van der Waals surface area contributed by atoms with Crippen LogP contribution in [-0.4, -0.2) is 55.4 Å². The monoisotopic (exact) mass is 415 g/mol. The molecule has 0 radical (unpaired) electrons. The summed E-state index contributed by atoms with van der Waals surface area (Å²) in [7, 11) is 1.80. The Kier molecular flexibility index (Phi) is 5.88. The highest BCUT2D eigenvalue weighted by Gasteiger charge is 2.24. The van der Waals surface area contributed by atoms with E-state index in [0.717, 1.165) is 28.8 Å². The Labute approximate surface area is 180 Å². The summed E-state index contributed by atoms with van der Waals surface area (Å²) in [5.74, 6) is 0.615. The van der Waals surface area contributed by atoms with E-state index < -0.39 is 0 Å². The maximum absolute atomic E-state index is 13.4. The van der Waals surface area contributed by atoms with Crippen molar-refractivity contribution in [2.45, 2.75) is 26.3 Å². The predicted octanol–water partition coefficient (Wildman–Crippen LogP) is 3.48. The highest BCUT2D eigenvalue weighted by atomic mass is 16.2. The highest BCUT2D eigenvalue weighted by molar-refractivity contribution is 5.95. The Balaban J connectivity index is 1.52. The van der Waals surface area contributed by atoms with E-state index in [4.69, 9.17) is 0 Å². The average molecular weight is 416 g/mol. The molecule has 8 heteroatoms. The minimum absolute atomic E-state index is 0.0403. The van der Waals surface area contributed by atoms with Crippen molar-refractivity contribution >= 4 is 22.6 Å². The van der Waals surface area contributed by atoms with Gasteiger partial charge >= 0.3 is 0 Å². The van der Waals surface area contributed by atoms with Gasteiger partial charge in [0, 0.05) is 30.7 Å². The summed E-state index contributed by atoms with van der Waals surface area (Å²) in [6.45, 7) is 4.50. The molecule has 0 unspecified atom stereocenters. The second kappa shape index (κ2) is 8.91. The van der Waals surface area contributed by atoms with Crippen LogP contribution in [-0.2, 0) is 0 Å². The summed E-state index contributed by atoms with van der Waals surface area (Å²) in [5, 5.41) is 12.8. The minimum atomic E-state index is -0.170. The molecule has 8 nitrogen and oxygen atoms in total. The zero-order valence-electron chi connectivity index (χ0n) is 17.9. The van der Waals surface area contributed by atoms with Gasteiger partial charge in [-0.3, -0.25) is 4.79 Å². The molecule has 0 aliphatic heterocycles. The molecular weight excluding hydrogens is 390 g/mol. The standard InChI is InChI=1S/C23H25N7O/c1-4-18(15-24-21-12-10-17-7-5-6-8-19(17)28-21)29(3)23(31)22-20(11-9-16(2)27-22)30-25-13-14-26-30/h5-14,18H,4,15H2,1-3H3,(H,24,28)/t18-/m0/s1. The van der Waals surface area contributed by atoms with E-state index in [2.05, 4.69) is 32.4 Å². The first-order valence-electron chi connectivity index (χ1n) is 10.3. The van der Waals surface area contributed by atoms with Crippen molar-refractivity contribution in [1.29, 1.82) is 0 Å². The average Bonchev–Trinajstić information content (AvgIpc) is 3.33. The van der Waals surface area contributed by atoms with Crippen LogP contribution in [0.2, 0.25) is 0 Å². The number of hydrogen-bond acceptors (Lipinski definition) is 6. The summed E-state index contributed by atoms with van der Waals surface area (Å²) < 4.78 is 0. The topological polar surface area (TPSA) is 88.8 Å². The smallest absolute Gasteiger partial charge is 0.274 e. The molecule has 0 bridgehead atoms. The minimum Gasteiger partial charge on any atom is -0.368 e. The van der Waals surface area contributed by atoms with Crippen molar-refractivity contribution in [3.8, 4) is 5.69 Å².